The lowest BCUT2D eigenvalue weighted by Crippen LogP contribution is -2.35. The molecule has 0 bridgehead atoms. The fourth-order valence-corrected chi connectivity index (χ4v) is 1.93. The van der Waals surface area contributed by atoms with E-state index in [1.165, 1.54) is 12.1 Å². The molecule has 0 N–H and O–H groups in total. The van der Waals surface area contributed by atoms with E-state index in [1.807, 2.05) is 19.9 Å². The highest BCUT2D eigenvalue weighted by Crippen LogP contribution is 2.32. The van der Waals surface area contributed by atoms with Gasteiger partial charge in [0.05, 0.1) is 11.6 Å². The monoisotopic (exact) mass is 263 g/mol. The van der Waals surface area contributed by atoms with Gasteiger partial charge in [-0.15, -0.1) is 0 Å². The molecule has 1 heterocycles. The molecular formula is C14H14FNO3. The van der Waals surface area contributed by atoms with Crippen molar-refractivity contribution in [3.05, 3.63) is 29.3 Å². The highest BCUT2D eigenvalue weighted by molar-refractivity contribution is 5.78. The summed E-state index contributed by atoms with van der Waals surface area (Å²) in [6, 6.07) is 6.39. The largest absolute Gasteiger partial charge is 0.478 e. The highest BCUT2D eigenvalue weighted by Gasteiger charge is 2.45. The van der Waals surface area contributed by atoms with Crippen molar-refractivity contribution in [2.75, 3.05) is 6.61 Å². The molecule has 2 rings (SSSR count). The number of hydrogen-bond donors (Lipinski definition) is 0. The van der Waals surface area contributed by atoms with E-state index in [2.05, 4.69) is 0 Å². The van der Waals surface area contributed by atoms with E-state index >= 15 is 0 Å². The smallest absolute Gasteiger partial charge is 0.348 e. The molecule has 0 amide bonds. The van der Waals surface area contributed by atoms with Gasteiger partial charge in [0.15, 0.2) is 0 Å². The summed E-state index contributed by atoms with van der Waals surface area (Å²) in [6.07, 6.45) is -0.715. The topological polar surface area (TPSA) is 59.3 Å². The Labute approximate surface area is 110 Å². The standard InChI is InChI=1S/C14H14FNO3/c1-14(2)8-18-13(17)12(14)19-11-4-3-9(7-16)10(5-11)6-15/h3-5,12H,6,8H2,1-2H3. The minimum absolute atomic E-state index is 0.254. The fourth-order valence-electron chi connectivity index (χ4n) is 1.93. The van der Waals surface area contributed by atoms with Gasteiger partial charge < -0.3 is 9.47 Å². The van der Waals surface area contributed by atoms with Crippen LogP contribution < -0.4 is 4.74 Å². The summed E-state index contributed by atoms with van der Waals surface area (Å²) < 4.78 is 23.4. The SMILES string of the molecule is CC1(C)COC(=O)C1Oc1ccc(C#N)c(CF)c1. The molecule has 4 nitrogen and oxygen atoms in total. The van der Waals surface area contributed by atoms with Gasteiger partial charge in [0.25, 0.3) is 0 Å². The maximum absolute atomic E-state index is 12.8. The number of carbonyl (C=O) groups is 1. The molecule has 1 aromatic carbocycles. The lowest BCUT2D eigenvalue weighted by atomic mass is 9.90. The Kier molecular flexibility index (Phi) is 3.43. The summed E-state index contributed by atoms with van der Waals surface area (Å²) in [5.41, 5.74) is 0.0909. The lowest BCUT2D eigenvalue weighted by molar-refractivity contribution is -0.143. The van der Waals surface area contributed by atoms with Gasteiger partial charge in [-0.1, -0.05) is 13.8 Å². The molecule has 0 saturated carbocycles. The molecule has 1 unspecified atom stereocenters. The fraction of sp³-hybridized carbons (Fsp3) is 0.429. The summed E-state index contributed by atoms with van der Waals surface area (Å²) in [6.45, 7) is 3.27. The van der Waals surface area contributed by atoms with Crippen molar-refractivity contribution in [1.29, 1.82) is 5.26 Å². The molecule has 1 fully saturated rings. The number of hydrogen-bond acceptors (Lipinski definition) is 4. The Morgan fingerprint density at radius 2 is 2.32 bits per heavy atom. The van der Waals surface area contributed by atoms with Crippen molar-refractivity contribution >= 4 is 5.97 Å². The van der Waals surface area contributed by atoms with E-state index in [0.717, 1.165) is 0 Å². The van der Waals surface area contributed by atoms with Crippen LogP contribution in [0.25, 0.3) is 0 Å². The van der Waals surface area contributed by atoms with Crippen LogP contribution in [0.5, 0.6) is 5.75 Å². The molecule has 0 aromatic heterocycles. The summed E-state index contributed by atoms with van der Waals surface area (Å²) in [7, 11) is 0. The van der Waals surface area contributed by atoms with Crippen molar-refractivity contribution in [2.24, 2.45) is 5.41 Å². The minimum Gasteiger partial charge on any atom is -0.478 e. The summed E-state index contributed by atoms with van der Waals surface area (Å²) in [4.78, 5) is 11.6. The number of nitriles is 1. The molecule has 5 heteroatoms. The normalized spacial score (nSPS) is 20.7. The van der Waals surface area contributed by atoms with Crippen LogP contribution in [0, 0.1) is 16.7 Å². The molecular weight excluding hydrogens is 249 g/mol. The lowest BCUT2D eigenvalue weighted by Gasteiger charge is -2.22. The highest BCUT2D eigenvalue weighted by atomic mass is 19.1. The zero-order valence-electron chi connectivity index (χ0n) is 10.8. The molecule has 1 aliphatic heterocycles. The van der Waals surface area contributed by atoms with E-state index in [0.29, 0.717) is 12.4 Å². The van der Waals surface area contributed by atoms with E-state index in [-0.39, 0.29) is 11.1 Å². The Hall–Kier alpha value is -2.09. The van der Waals surface area contributed by atoms with Crippen LogP contribution in [0.4, 0.5) is 4.39 Å². The van der Waals surface area contributed by atoms with Crippen molar-refractivity contribution in [3.8, 4) is 11.8 Å². The summed E-state index contributed by atoms with van der Waals surface area (Å²) in [5, 5.41) is 8.82. The summed E-state index contributed by atoms with van der Waals surface area (Å²) >= 11 is 0. The Balaban J connectivity index is 2.25. The van der Waals surface area contributed by atoms with Gasteiger partial charge >= 0.3 is 5.97 Å². The van der Waals surface area contributed by atoms with E-state index in [9.17, 15) is 9.18 Å². The number of esters is 1. The van der Waals surface area contributed by atoms with Gasteiger partial charge in [-0.25, -0.2) is 9.18 Å². The Bertz CT molecular complexity index is 548. The van der Waals surface area contributed by atoms with Gasteiger partial charge in [0.1, 0.15) is 19.0 Å². The third kappa shape index (κ3) is 2.53. The molecule has 0 aliphatic carbocycles. The van der Waals surface area contributed by atoms with Crippen LogP contribution in [-0.4, -0.2) is 18.7 Å². The van der Waals surface area contributed by atoms with Crippen molar-refractivity contribution in [2.45, 2.75) is 26.6 Å². The van der Waals surface area contributed by atoms with Crippen LogP contribution in [0.3, 0.4) is 0 Å². The van der Waals surface area contributed by atoms with Gasteiger partial charge in [-0.05, 0) is 18.2 Å². The number of halogens is 1. The van der Waals surface area contributed by atoms with Crippen LogP contribution >= 0.6 is 0 Å². The van der Waals surface area contributed by atoms with Crippen LogP contribution in [0.1, 0.15) is 25.0 Å². The zero-order chi connectivity index (χ0) is 14.0. The number of carbonyl (C=O) groups excluding carboxylic acids is 1. The number of nitrogens with zero attached hydrogens (tertiary/aromatic N) is 1. The molecule has 1 aliphatic rings. The van der Waals surface area contributed by atoms with Crippen LogP contribution in [-0.2, 0) is 16.2 Å². The second-order valence-corrected chi connectivity index (χ2v) is 5.16. The van der Waals surface area contributed by atoms with Gasteiger partial charge in [0.2, 0.25) is 6.10 Å². The number of cyclic esters (lactones) is 1. The van der Waals surface area contributed by atoms with Crippen molar-refractivity contribution in [3.63, 3.8) is 0 Å². The first kappa shape index (κ1) is 13.3. The predicted molar refractivity (Wildman–Crippen MR) is 65.1 cm³/mol. The average Bonchev–Trinajstić information content (AvgIpc) is 2.65. The second kappa shape index (κ2) is 4.88. The Morgan fingerprint density at radius 3 is 2.84 bits per heavy atom. The van der Waals surface area contributed by atoms with Crippen LogP contribution in [0.2, 0.25) is 0 Å². The van der Waals surface area contributed by atoms with Crippen molar-refractivity contribution in [1.82, 2.24) is 0 Å². The van der Waals surface area contributed by atoms with Crippen LogP contribution in [0.15, 0.2) is 18.2 Å². The predicted octanol–water partition coefficient (Wildman–Crippen LogP) is 2.36. The van der Waals surface area contributed by atoms with Gasteiger partial charge in [-0.3, -0.25) is 0 Å². The first-order valence-corrected chi connectivity index (χ1v) is 5.90. The maximum Gasteiger partial charge on any atom is 0.348 e. The number of ether oxygens (including phenoxy) is 2. The van der Waals surface area contributed by atoms with Gasteiger partial charge in [-0.2, -0.15) is 5.26 Å². The van der Waals surface area contributed by atoms with E-state index in [4.69, 9.17) is 14.7 Å². The minimum atomic E-state index is -0.751. The first-order valence-electron chi connectivity index (χ1n) is 5.90. The zero-order valence-corrected chi connectivity index (χ0v) is 10.8. The molecule has 1 saturated heterocycles. The molecule has 0 radical (unpaired) electrons. The third-order valence-corrected chi connectivity index (χ3v) is 3.11. The number of benzene rings is 1. The van der Waals surface area contributed by atoms with E-state index in [1.54, 1.807) is 6.07 Å². The third-order valence-electron chi connectivity index (χ3n) is 3.11. The number of rotatable bonds is 3. The molecule has 1 atom stereocenters. The molecule has 19 heavy (non-hydrogen) atoms. The molecule has 1 aromatic rings. The molecule has 100 valence electrons. The quantitative estimate of drug-likeness (QED) is 0.785. The van der Waals surface area contributed by atoms with E-state index < -0.39 is 24.2 Å². The maximum atomic E-state index is 12.8. The van der Waals surface area contributed by atoms with Crippen molar-refractivity contribution < 1.29 is 18.7 Å². The Morgan fingerprint density at radius 1 is 1.58 bits per heavy atom. The average molecular weight is 263 g/mol. The number of alkyl halides is 1. The molecule has 0 spiro atoms. The second-order valence-electron chi connectivity index (χ2n) is 5.16. The summed E-state index contributed by atoms with van der Waals surface area (Å²) in [5.74, 6) is -0.0558. The first-order chi connectivity index (χ1) is 8.97. The van der Waals surface area contributed by atoms with Gasteiger partial charge in [0, 0.05) is 11.0 Å².